The molecule has 1 aliphatic heterocycles. The van der Waals surface area contributed by atoms with Gasteiger partial charge in [0.1, 0.15) is 17.5 Å². The van der Waals surface area contributed by atoms with Gasteiger partial charge in [0.2, 0.25) is 0 Å². The van der Waals surface area contributed by atoms with Crippen LogP contribution in [0.5, 0.6) is 0 Å². The minimum Gasteiger partial charge on any atom is -0.369 e. The predicted octanol–water partition coefficient (Wildman–Crippen LogP) is 8.15. The molecule has 7 nitrogen and oxygen atoms in total. The fraction of sp³-hybridized carbons (Fsp3) is 0.278. The molecule has 0 saturated carbocycles. The molecule has 0 aliphatic carbocycles. The van der Waals surface area contributed by atoms with Crippen LogP contribution in [0.15, 0.2) is 95.3 Å². The van der Waals surface area contributed by atoms with Crippen LogP contribution in [0, 0.1) is 5.82 Å². The van der Waals surface area contributed by atoms with E-state index in [0.29, 0.717) is 57.8 Å². The predicted molar refractivity (Wildman–Crippen MR) is 189 cm³/mol. The highest BCUT2D eigenvalue weighted by Crippen LogP contribution is 2.34. The number of allylic oxidation sites excluding steroid dienone is 4. The molecule has 0 atom stereocenters. The lowest BCUT2D eigenvalue weighted by atomic mass is 9.97. The number of hydrogen-bond donors (Lipinski definition) is 3. The lowest BCUT2D eigenvalue weighted by Crippen LogP contribution is -2.27. The second-order valence-corrected chi connectivity index (χ2v) is 11.3. The number of nitrogens with two attached hydrogens (primary N) is 1. The van der Waals surface area contributed by atoms with Crippen molar-refractivity contribution in [2.75, 3.05) is 23.3 Å². The number of hydrogen-bond acceptors (Lipinski definition) is 6. The second-order valence-electron chi connectivity index (χ2n) is 10.9. The highest BCUT2D eigenvalue weighted by molar-refractivity contribution is 6.33. The number of nitrogens with one attached hydrogen (secondary N) is 2. The monoisotopic (exact) mass is 628 g/mol. The molecule has 0 radical (unpaired) electrons. The Morgan fingerprint density at radius 3 is 2.62 bits per heavy atom. The Morgan fingerprint density at radius 2 is 1.98 bits per heavy atom. The Bertz CT molecular complexity index is 1720. The van der Waals surface area contributed by atoms with Crippen molar-refractivity contribution in [3.8, 4) is 11.1 Å². The quantitative estimate of drug-likeness (QED) is 0.0585. The highest BCUT2D eigenvalue weighted by atomic mass is 35.5. The van der Waals surface area contributed by atoms with E-state index in [2.05, 4.69) is 35.7 Å². The zero-order chi connectivity index (χ0) is 32.5. The van der Waals surface area contributed by atoms with E-state index in [4.69, 9.17) is 22.4 Å². The first-order valence-corrected chi connectivity index (χ1v) is 15.7. The average molecular weight is 629 g/mol. The number of aliphatic imine (C=N–C) groups is 1. The van der Waals surface area contributed by atoms with Gasteiger partial charge < -0.3 is 15.6 Å². The molecule has 1 aliphatic rings. The summed E-state index contributed by atoms with van der Waals surface area (Å²) in [6.45, 7) is 15.9. The summed E-state index contributed by atoms with van der Waals surface area (Å²) in [6, 6.07) is 12.5. The molecule has 0 amide bonds. The summed E-state index contributed by atoms with van der Waals surface area (Å²) in [6.07, 6.45) is 10.7. The first kappa shape index (κ1) is 33.5. The van der Waals surface area contributed by atoms with Gasteiger partial charge in [0.25, 0.3) is 5.56 Å². The van der Waals surface area contributed by atoms with Crippen LogP contribution < -0.4 is 27.0 Å². The van der Waals surface area contributed by atoms with Crippen LogP contribution in [0.1, 0.15) is 51.2 Å². The van der Waals surface area contributed by atoms with Gasteiger partial charge in [-0.25, -0.2) is 9.38 Å². The van der Waals surface area contributed by atoms with Crippen molar-refractivity contribution < 1.29 is 4.39 Å². The summed E-state index contributed by atoms with van der Waals surface area (Å²) in [7, 11) is 0. The van der Waals surface area contributed by atoms with Crippen LogP contribution in [0.2, 0.25) is 5.02 Å². The minimum absolute atomic E-state index is 0.203. The van der Waals surface area contributed by atoms with Crippen LogP contribution in [0.3, 0.4) is 0 Å². The van der Waals surface area contributed by atoms with Gasteiger partial charge in [-0.3, -0.25) is 15.2 Å². The molecule has 9 heteroatoms. The molecule has 0 spiro atoms. The van der Waals surface area contributed by atoms with Gasteiger partial charge in [0.05, 0.1) is 11.4 Å². The van der Waals surface area contributed by atoms with E-state index in [1.165, 1.54) is 6.07 Å². The van der Waals surface area contributed by atoms with Crippen molar-refractivity contribution in [2.45, 2.75) is 53.0 Å². The number of rotatable bonds is 13. The molecule has 4 rings (SSSR count). The van der Waals surface area contributed by atoms with Crippen molar-refractivity contribution in [3.05, 3.63) is 118 Å². The van der Waals surface area contributed by atoms with Gasteiger partial charge in [0, 0.05) is 59.0 Å². The van der Waals surface area contributed by atoms with E-state index in [-0.39, 0.29) is 11.4 Å². The number of halogens is 2. The number of nitrogens with zero attached hydrogens (tertiary/aromatic N) is 3. The SMILES string of the molecule is C=CCCCN(CCC)c1ccc(NC2=Nc3c(cc(-c4ccc(C(=CC=CC)NN)cc4Cl)c(=O)n3CC)CC2=C)cc1F. The zero-order valence-corrected chi connectivity index (χ0v) is 27.1. The van der Waals surface area contributed by atoms with E-state index in [0.717, 1.165) is 49.1 Å². The molecule has 236 valence electrons. The number of anilines is 2. The fourth-order valence-electron chi connectivity index (χ4n) is 5.43. The molecule has 0 saturated heterocycles. The number of hydrazine groups is 1. The summed E-state index contributed by atoms with van der Waals surface area (Å²) in [5, 5.41) is 3.67. The van der Waals surface area contributed by atoms with Crippen LogP contribution in [0.4, 0.5) is 21.6 Å². The molecule has 2 aromatic carbocycles. The zero-order valence-electron chi connectivity index (χ0n) is 26.3. The second kappa shape index (κ2) is 15.5. The number of fused-ring (bicyclic) bond motifs is 1. The molecule has 2 heterocycles. The smallest absolute Gasteiger partial charge is 0.260 e. The number of unbranched alkanes of at least 4 members (excludes halogenated alkanes) is 1. The first-order valence-electron chi connectivity index (χ1n) is 15.3. The van der Waals surface area contributed by atoms with Gasteiger partial charge in [-0.1, -0.05) is 55.5 Å². The van der Waals surface area contributed by atoms with Crippen molar-refractivity contribution in [3.63, 3.8) is 0 Å². The maximum Gasteiger partial charge on any atom is 0.260 e. The Labute approximate surface area is 270 Å². The number of amidine groups is 1. The molecular formula is C36H42ClFN6O. The Balaban J connectivity index is 1.66. The van der Waals surface area contributed by atoms with Crippen molar-refractivity contribution in [1.29, 1.82) is 0 Å². The molecule has 0 bridgehead atoms. The number of benzene rings is 2. The minimum atomic E-state index is -0.306. The highest BCUT2D eigenvalue weighted by Gasteiger charge is 2.23. The lowest BCUT2D eigenvalue weighted by Gasteiger charge is -2.26. The van der Waals surface area contributed by atoms with E-state index < -0.39 is 0 Å². The summed E-state index contributed by atoms with van der Waals surface area (Å²) >= 11 is 6.73. The summed E-state index contributed by atoms with van der Waals surface area (Å²) in [4.78, 5) is 20.6. The lowest BCUT2D eigenvalue weighted by molar-refractivity contribution is 0.612. The number of pyridine rings is 1. The van der Waals surface area contributed by atoms with E-state index in [1.807, 2.05) is 62.4 Å². The van der Waals surface area contributed by atoms with E-state index in [1.54, 1.807) is 16.7 Å². The third-order valence-corrected chi connectivity index (χ3v) is 7.98. The summed E-state index contributed by atoms with van der Waals surface area (Å²) in [5.74, 6) is 6.45. The fourth-order valence-corrected chi connectivity index (χ4v) is 5.71. The average Bonchev–Trinajstić information content (AvgIpc) is 3.02. The van der Waals surface area contributed by atoms with Gasteiger partial charge >= 0.3 is 0 Å². The molecule has 3 aromatic rings. The van der Waals surface area contributed by atoms with E-state index >= 15 is 4.39 Å². The van der Waals surface area contributed by atoms with Gasteiger partial charge in [-0.2, -0.15) is 0 Å². The standard InChI is InChI=1S/C36H42ClFN6O/c1-6-10-12-19-43(18-8-3)33-17-15-27(23-31(33)38)40-34-24(5)20-26-21-29(36(45)44(9-4)35(26)41-34)28-16-14-25(22-30(28)37)32(42-39)13-11-7-2/h6-7,11,13-17,21-23,42H,1,5,8-10,12,18-20,39H2,2-4H3,(H,40,41). The third kappa shape index (κ3) is 7.64. The van der Waals surface area contributed by atoms with Crippen LogP contribution in [-0.2, 0) is 13.0 Å². The molecule has 45 heavy (non-hydrogen) atoms. The first-order chi connectivity index (χ1) is 21.8. The Hall–Kier alpha value is -4.40. The Morgan fingerprint density at radius 1 is 1.18 bits per heavy atom. The topological polar surface area (TPSA) is 87.7 Å². The van der Waals surface area contributed by atoms with Crippen LogP contribution >= 0.6 is 11.6 Å². The van der Waals surface area contributed by atoms with Crippen molar-refractivity contribution >= 4 is 40.3 Å². The molecule has 4 N–H and O–H groups in total. The maximum absolute atomic E-state index is 15.3. The number of aromatic nitrogens is 1. The molecule has 0 unspecified atom stereocenters. The van der Waals surface area contributed by atoms with Crippen LogP contribution in [-0.4, -0.2) is 23.5 Å². The largest absolute Gasteiger partial charge is 0.369 e. The maximum atomic E-state index is 15.3. The molecular weight excluding hydrogens is 587 g/mol. The van der Waals surface area contributed by atoms with E-state index in [9.17, 15) is 4.79 Å². The third-order valence-electron chi connectivity index (χ3n) is 7.67. The normalized spacial score (nSPS) is 13.1. The van der Waals surface area contributed by atoms with Crippen molar-refractivity contribution in [1.82, 2.24) is 9.99 Å². The van der Waals surface area contributed by atoms with Gasteiger partial charge in [0.15, 0.2) is 0 Å². The van der Waals surface area contributed by atoms with Crippen LogP contribution in [0.25, 0.3) is 16.8 Å². The summed E-state index contributed by atoms with van der Waals surface area (Å²) in [5.41, 5.74) is 7.79. The van der Waals surface area contributed by atoms with Gasteiger partial charge in [-0.05, 0) is 75.1 Å². The molecule has 0 fully saturated rings. The van der Waals surface area contributed by atoms with Crippen molar-refractivity contribution in [2.24, 2.45) is 10.8 Å². The molecule has 1 aromatic heterocycles. The Kier molecular flexibility index (Phi) is 11.6. The summed E-state index contributed by atoms with van der Waals surface area (Å²) < 4.78 is 17.0. The van der Waals surface area contributed by atoms with Gasteiger partial charge in [-0.15, -0.1) is 6.58 Å².